The van der Waals surface area contributed by atoms with Crippen molar-refractivity contribution in [2.45, 2.75) is 30.1 Å². The maximum Gasteiger partial charge on any atom is 0.234 e. The summed E-state index contributed by atoms with van der Waals surface area (Å²) in [5.41, 5.74) is 0.514. The number of benzene rings is 1. The second-order valence-corrected chi connectivity index (χ2v) is 8.27. The highest BCUT2D eigenvalue weighted by molar-refractivity contribution is 8.01. The molecule has 138 valence electrons. The summed E-state index contributed by atoms with van der Waals surface area (Å²) < 4.78 is 5.85. The average Bonchev–Trinajstić information content (AvgIpc) is 3.30. The number of methoxy groups -OCH3 is 1. The molecular formula is C16H17ClN4O3S2. The maximum absolute atomic E-state index is 12.2. The number of carbonyl (C=O) groups excluding carboxylic acids is 2. The van der Waals surface area contributed by atoms with Crippen LogP contribution in [0.25, 0.3) is 0 Å². The van der Waals surface area contributed by atoms with Gasteiger partial charge in [-0.3, -0.25) is 14.5 Å². The third-order valence-electron chi connectivity index (χ3n) is 3.62. The number of hydrogen-bond donors (Lipinski definition) is 1. The molecule has 1 aromatic heterocycles. The van der Waals surface area contributed by atoms with Crippen LogP contribution in [0.15, 0.2) is 22.5 Å². The molecule has 1 aromatic carbocycles. The van der Waals surface area contributed by atoms with Crippen LogP contribution in [-0.4, -0.2) is 40.9 Å². The summed E-state index contributed by atoms with van der Waals surface area (Å²) in [6.45, 7) is 1.53. The molecule has 0 radical (unpaired) electrons. The molecule has 3 rings (SSSR count). The average molecular weight is 413 g/mol. The van der Waals surface area contributed by atoms with E-state index >= 15 is 0 Å². The molecule has 0 aliphatic heterocycles. The molecule has 1 aliphatic carbocycles. The zero-order chi connectivity index (χ0) is 18.7. The number of rotatable bonds is 7. The van der Waals surface area contributed by atoms with E-state index in [1.54, 1.807) is 23.1 Å². The lowest BCUT2D eigenvalue weighted by Crippen LogP contribution is -2.30. The molecule has 7 nitrogen and oxygen atoms in total. The van der Waals surface area contributed by atoms with Crippen LogP contribution in [0.5, 0.6) is 5.75 Å². The van der Waals surface area contributed by atoms with Crippen molar-refractivity contribution < 1.29 is 14.3 Å². The number of anilines is 2. The van der Waals surface area contributed by atoms with Crippen LogP contribution in [0.2, 0.25) is 5.02 Å². The van der Waals surface area contributed by atoms with Crippen molar-refractivity contribution in [3.8, 4) is 5.75 Å². The van der Waals surface area contributed by atoms with E-state index in [0.717, 1.165) is 12.8 Å². The van der Waals surface area contributed by atoms with Crippen molar-refractivity contribution in [3.63, 3.8) is 0 Å². The minimum absolute atomic E-state index is 0.0361. The van der Waals surface area contributed by atoms with Gasteiger partial charge in [-0.25, -0.2) is 0 Å². The Balaban J connectivity index is 1.58. The standard InChI is InChI=1S/C16H17ClN4O3S2/c1-9(22)21(11-4-5-11)15-19-20-16(26-15)25-8-14(23)18-12-7-10(17)3-6-13(12)24-2/h3,6-7,11H,4-5,8H2,1-2H3,(H,18,23). The Kier molecular flexibility index (Phi) is 6.00. The molecule has 2 amide bonds. The van der Waals surface area contributed by atoms with E-state index < -0.39 is 0 Å². The lowest BCUT2D eigenvalue weighted by atomic mass is 10.3. The molecule has 1 N–H and O–H groups in total. The summed E-state index contributed by atoms with van der Waals surface area (Å²) in [7, 11) is 1.52. The van der Waals surface area contributed by atoms with Crippen molar-refractivity contribution in [2.24, 2.45) is 0 Å². The zero-order valence-corrected chi connectivity index (χ0v) is 16.6. The van der Waals surface area contributed by atoms with Crippen molar-refractivity contribution >= 4 is 57.3 Å². The molecule has 26 heavy (non-hydrogen) atoms. The summed E-state index contributed by atoms with van der Waals surface area (Å²) in [5, 5.41) is 12.0. The highest BCUT2D eigenvalue weighted by Crippen LogP contribution is 2.36. The normalized spacial score (nSPS) is 13.3. The van der Waals surface area contributed by atoms with Crippen LogP contribution in [0.4, 0.5) is 10.8 Å². The molecule has 1 heterocycles. The van der Waals surface area contributed by atoms with Gasteiger partial charge in [0.15, 0.2) is 4.34 Å². The number of carbonyl (C=O) groups is 2. The zero-order valence-electron chi connectivity index (χ0n) is 14.2. The monoisotopic (exact) mass is 412 g/mol. The third kappa shape index (κ3) is 4.66. The smallest absolute Gasteiger partial charge is 0.234 e. The molecule has 0 unspecified atom stereocenters. The highest BCUT2D eigenvalue weighted by atomic mass is 35.5. The number of hydrogen-bond acceptors (Lipinski definition) is 7. The number of ether oxygens (including phenoxy) is 1. The van der Waals surface area contributed by atoms with E-state index in [0.29, 0.717) is 25.9 Å². The van der Waals surface area contributed by atoms with Gasteiger partial charge in [-0.1, -0.05) is 34.7 Å². The first-order valence-electron chi connectivity index (χ1n) is 7.87. The molecule has 1 saturated carbocycles. The Bertz CT molecular complexity index is 826. The van der Waals surface area contributed by atoms with Gasteiger partial charge in [0.2, 0.25) is 16.9 Å². The summed E-state index contributed by atoms with van der Waals surface area (Å²) in [4.78, 5) is 25.6. The highest BCUT2D eigenvalue weighted by Gasteiger charge is 2.34. The van der Waals surface area contributed by atoms with Gasteiger partial charge in [0, 0.05) is 18.0 Å². The Morgan fingerprint density at radius 2 is 2.19 bits per heavy atom. The van der Waals surface area contributed by atoms with E-state index in [1.165, 1.54) is 37.1 Å². The first-order valence-corrected chi connectivity index (χ1v) is 10.1. The fourth-order valence-electron chi connectivity index (χ4n) is 2.33. The van der Waals surface area contributed by atoms with E-state index in [9.17, 15) is 9.59 Å². The predicted molar refractivity (Wildman–Crippen MR) is 103 cm³/mol. The fraction of sp³-hybridized carbons (Fsp3) is 0.375. The molecular weight excluding hydrogens is 396 g/mol. The second-order valence-electron chi connectivity index (χ2n) is 5.65. The lowest BCUT2D eigenvalue weighted by Gasteiger charge is -2.15. The molecule has 0 bridgehead atoms. The number of halogens is 1. The molecule has 1 fully saturated rings. The van der Waals surface area contributed by atoms with Crippen LogP contribution in [0, 0.1) is 0 Å². The molecule has 0 spiro atoms. The van der Waals surface area contributed by atoms with Gasteiger partial charge < -0.3 is 10.1 Å². The van der Waals surface area contributed by atoms with Gasteiger partial charge >= 0.3 is 0 Å². The lowest BCUT2D eigenvalue weighted by molar-refractivity contribution is -0.116. The van der Waals surface area contributed by atoms with E-state index in [1.807, 2.05) is 0 Å². The molecule has 1 aliphatic rings. The van der Waals surface area contributed by atoms with Crippen molar-refractivity contribution in [2.75, 3.05) is 23.1 Å². The van der Waals surface area contributed by atoms with Gasteiger partial charge in [-0.05, 0) is 31.0 Å². The van der Waals surface area contributed by atoms with Gasteiger partial charge in [-0.15, -0.1) is 10.2 Å². The Morgan fingerprint density at radius 3 is 2.85 bits per heavy atom. The topological polar surface area (TPSA) is 84.4 Å². The van der Waals surface area contributed by atoms with Crippen LogP contribution in [0.3, 0.4) is 0 Å². The minimum Gasteiger partial charge on any atom is -0.495 e. The molecule has 0 atom stereocenters. The van der Waals surface area contributed by atoms with E-state index in [2.05, 4.69) is 15.5 Å². The van der Waals surface area contributed by atoms with Gasteiger partial charge in [0.1, 0.15) is 5.75 Å². The van der Waals surface area contributed by atoms with E-state index in [-0.39, 0.29) is 23.6 Å². The van der Waals surface area contributed by atoms with Crippen molar-refractivity contribution in [1.82, 2.24) is 10.2 Å². The van der Waals surface area contributed by atoms with Gasteiger partial charge in [-0.2, -0.15) is 0 Å². The van der Waals surface area contributed by atoms with Crippen LogP contribution in [0.1, 0.15) is 19.8 Å². The predicted octanol–water partition coefficient (Wildman–Crippen LogP) is 3.45. The first kappa shape index (κ1) is 18.9. The third-order valence-corrected chi connectivity index (χ3v) is 5.91. The molecule has 2 aromatic rings. The van der Waals surface area contributed by atoms with Crippen LogP contribution < -0.4 is 15.0 Å². The van der Waals surface area contributed by atoms with Crippen LogP contribution in [-0.2, 0) is 9.59 Å². The van der Waals surface area contributed by atoms with E-state index in [4.69, 9.17) is 16.3 Å². The number of thioether (sulfide) groups is 1. The SMILES string of the molecule is COc1ccc(Cl)cc1NC(=O)CSc1nnc(N(C(C)=O)C2CC2)s1. The largest absolute Gasteiger partial charge is 0.495 e. The number of nitrogens with one attached hydrogen (secondary N) is 1. The Hall–Kier alpha value is -1.84. The summed E-state index contributed by atoms with van der Waals surface area (Å²) in [6.07, 6.45) is 1.98. The summed E-state index contributed by atoms with van der Waals surface area (Å²) in [5.74, 6) is 0.449. The van der Waals surface area contributed by atoms with Gasteiger partial charge in [0.25, 0.3) is 0 Å². The Labute approximate surface area is 164 Å². The first-order chi connectivity index (χ1) is 12.5. The number of amides is 2. The van der Waals surface area contributed by atoms with Crippen molar-refractivity contribution in [1.29, 1.82) is 0 Å². The minimum atomic E-state index is -0.210. The summed E-state index contributed by atoms with van der Waals surface area (Å²) >= 11 is 8.54. The second kappa shape index (κ2) is 8.24. The molecule has 10 heteroatoms. The fourth-order valence-corrected chi connectivity index (χ4v) is 4.26. The van der Waals surface area contributed by atoms with Crippen LogP contribution >= 0.6 is 34.7 Å². The van der Waals surface area contributed by atoms with Gasteiger partial charge in [0.05, 0.1) is 18.6 Å². The quantitative estimate of drug-likeness (QED) is 0.553. The number of aromatic nitrogens is 2. The summed E-state index contributed by atoms with van der Waals surface area (Å²) in [6, 6.07) is 5.24. The maximum atomic E-state index is 12.2. The number of nitrogens with zero attached hydrogens (tertiary/aromatic N) is 3. The molecule has 0 saturated heterocycles. The van der Waals surface area contributed by atoms with Crippen molar-refractivity contribution in [3.05, 3.63) is 23.2 Å². The Morgan fingerprint density at radius 1 is 1.42 bits per heavy atom.